The Morgan fingerprint density at radius 1 is 1.54 bits per heavy atom. The van der Waals surface area contributed by atoms with E-state index in [0.717, 1.165) is 0 Å². The zero-order valence-electron chi connectivity index (χ0n) is 7.76. The highest BCUT2D eigenvalue weighted by Crippen LogP contribution is 2.44. The van der Waals surface area contributed by atoms with E-state index in [-0.39, 0.29) is 16.7 Å². The van der Waals surface area contributed by atoms with Crippen molar-refractivity contribution in [3.8, 4) is 0 Å². The lowest BCUT2D eigenvalue weighted by atomic mass is 9.68. The Kier molecular flexibility index (Phi) is 3.13. The van der Waals surface area contributed by atoms with Crippen LogP contribution in [0.25, 0.3) is 0 Å². The number of rotatable bonds is 1. The molecule has 0 aromatic heterocycles. The fourth-order valence-corrected chi connectivity index (χ4v) is 2.52. The molecule has 0 spiro atoms. The molecule has 0 heterocycles. The molecule has 0 aliphatic heterocycles. The molecule has 76 valence electrons. The normalized spacial score (nSPS) is 46.0. The average Bonchev–Trinajstić information content (AvgIpc) is 2.08. The van der Waals surface area contributed by atoms with Crippen molar-refractivity contribution in [2.24, 2.45) is 11.3 Å². The highest BCUT2D eigenvalue weighted by atomic mass is 35.5. The van der Waals surface area contributed by atoms with Gasteiger partial charge in [-0.15, -0.1) is 23.2 Å². The minimum atomic E-state index is -0.769. The molecule has 4 heteroatoms. The smallest absolute Gasteiger partial charge is 0.309 e. The first-order valence-corrected chi connectivity index (χ1v) is 5.28. The maximum Gasteiger partial charge on any atom is 0.309 e. The maximum atomic E-state index is 11.0. The summed E-state index contributed by atoms with van der Waals surface area (Å²) in [6.07, 6.45) is 1.30. The Balaban J connectivity index is 2.85. The molecular formula is C9H14Cl2O2. The summed E-state index contributed by atoms with van der Waals surface area (Å²) >= 11 is 12.0. The van der Waals surface area contributed by atoms with E-state index < -0.39 is 11.4 Å². The van der Waals surface area contributed by atoms with E-state index in [1.54, 1.807) is 6.92 Å². The topological polar surface area (TPSA) is 37.3 Å². The van der Waals surface area contributed by atoms with Gasteiger partial charge in [0.1, 0.15) is 0 Å². The Hall–Kier alpha value is 0.0500. The van der Waals surface area contributed by atoms with E-state index in [1.807, 2.05) is 6.92 Å². The first-order chi connectivity index (χ1) is 5.89. The summed E-state index contributed by atoms with van der Waals surface area (Å²) in [5.41, 5.74) is -0.711. The van der Waals surface area contributed by atoms with Crippen molar-refractivity contribution in [2.45, 2.75) is 37.4 Å². The molecule has 0 radical (unpaired) electrons. The molecule has 0 aromatic carbocycles. The van der Waals surface area contributed by atoms with Crippen LogP contribution in [0.1, 0.15) is 26.7 Å². The number of carboxylic acid groups (broad SMARTS) is 1. The second-order valence-corrected chi connectivity index (χ2v) is 5.07. The number of carboxylic acids is 1. The highest BCUT2D eigenvalue weighted by molar-refractivity contribution is 6.30. The highest BCUT2D eigenvalue weighted by Gasteiger charge is 2.47. The van der Waals surface area contributed by atoms with Crippen LogP contribution >= 0.6 is 23.2 Å². The van der Waals surface area contributed by atoms with Gasteiger partial charge < -0.3 is 5.11 Å². The number of aliphatic carboxylic acids is 1. The van der Waals surface area contributed by atoms with Crippen LogP contribution in [-0.2, 0) is 4.79 Å². The molecule has 13 heavy (non-hydrogen) atoms. The van der Waals surface area contributed by atoms with Crippen LogP contribution < -0.4 is 0 Å². The van der Waals surface area contributed by atoms with E-state index in [4.69, 9.17) is 28.3 Å². The predicted octanol–water partition coefficient (Wildman–Crippen LogP) is 2.72. The number of hydrogen-bond acceptors (Lipinski definition) is 1. The molecule has 1 unspecified atom stereocenters. The standard InChI is InChI=1S/C9H14Cl2O2/c1-5-7(11)6(10)3-4-9(5,2)8(12)13/h5-7H,3-4H2,1-2H3,(H,12,13)/t5?,6-,7-,9-/m1/s1. The summed E-state index contributed by atoms with van der Waals surface area (Å²) in [7, 11) is 0. The summed E-state index contributed by atoms with van der Waals surface area (Å²) in [6.45, 7) is 3.61. The summed E-state index contributed by atoms with van der Waals surface area (Å²) in [4.78, 5) is 11.0. The van der Waals surface area contributed by atoms with Gasteiger partial charge in [0.25, 0.3) is 0 Å². The molecule has 2 nitrogen and oxygen atoms in total. The van der Waals surface area contributed by atoms with Crippen LogP contribution in [0.15, 0.2) is 0 Å². The largest absolute Gasteiger partial charge is 0.481 e. The molecule has 1 aliphatic rings. The summed E-state index contributed by atoms with van der Waals surface area (Å²) in [6, 6.07) is 0. The van der Waals surface area contributed by atoms with Gasteiger partial charge in [0.15, 0.2) is 0 Å². The molecule has 1 N–H and O–H groups in total. The predicted molar refractivity (Wildman–Crippen MR) is 53.4 cm³/mol. The van der Waals surface area contributed by atoms with E-state index in [1.165, 1.54) is 0 Å². The van der Waals surface area contributed by atoms with Gasteiger partial charge >= 0.3 is 5.97 Å². The third kappa shape index (κ3) is 1.79. The van der Waals surface area contributed by atoms with Crippen LogP contribution in [0.2, 0.25) is 0 Å². The van der Waals surface area contributed by atoms with E-state index in [2.05, 4.69) is 0 Å². The first-order valence-electron chi connectivity index (χ1n) is 4.41. The zero-order valence-corrected chi connectivity index (χ0v) is 9.27. The first kappa shape index (κ1) is 11.1. The molecule has 1 fully saturated rings. The molecule has 0 aromatic rings. The summed E-state index contributed by atoms with van der Waals surface area (Å²) in [5, 5.41) is 8.74. The molecule has 0 amide bonds. The Morgan fingerprint density at radius 2 is 2.08 bits per heavy atom. The van der Waals surface area contributed by atoms with E-state index in [0.29, 0.717) is 12.8 Å². The average molecular weight is 225 g/mol. The van der Waals surface area contributed by atoms with Crippen LogP contribution in [0.5, 0.6) is 0 Å². The molecule has 1 aliphatic carbocycles. The van der Waals surface area contributed by atoms with Gasteiger partial charge in [-0.3, -0.25) is 4.79 Å². The molecule has 0 saturated heterocycles. The Bertz CT molecular complexity index is 220. The van der Waals surface area contributed by atoms with Crippen molar-refractivity contribution in [2.75, 3.05) is 0 Å². The fraction of sp³-hybridized carbons (Fsp3) is 0.889. The van der Waals surface area contributed by atoms with Crippen molar-refractivity contribution in [3.63, 3.8) is 0 Å². The van der Waals surface area contributed by atoms with Gasteiger partial charge in [0.2, 0.25) is 0 Å². The maximum absolute atomic E-state index is 11.0. The second-order valence-electron chi connectivity index (χ2n) is 4.01. The van der Waals surface area contributed by atoms with Gasteiger partial charge in [0.05, 0.1) is 16.2 Å². The Morgan fingerprint density at radius 3 is 2.54 bits per heavy atom. The summed E-state index contributed by atoms with van der Waals surface area (Å²) < 4.78 is 0. The SMILES string of the molecule is CC1[C@@H](Cl)[C@H](Cl)CC[C@@]1(C)C(=O)O. The minimum Gasteiger partial charge on any atom is -0.481 e. The van der Waals surface area contributed by atoms with Crippen molar-refractivity contribution < 1.29 is 9.90 Å². The van der Waals surface area contributed by atoms with Gasteiger partial charge in [-0.25, -0.2) is 0 Å². The van der Waals surface area contributed by atoms with Crippen molar-refractivity contribution in [3.05, 3.63) is 0 Å². The van der Waals surface area contributed by atoms with Gasteiger partial charge in [-0.05, 0) is 25.7 Å². The number of hydrogen-bond donors (Lipinski definition) is 1. The van der Waals surface area contributed by atoms with Gasteiger partial charge in [0, 0.05) is 0 Å². The molecule has 0 bridgehead atoms. The van der Waals surface area contributed by atoms with Crippen LogP contribution in [0.3, 0.4) is 0 Å². The van der Waals surface area contributed by atoms with Crippen molar-refractivity contribution >= 4 is 29.2 Å². The molecular weight excluding hydrogens is 211 g/mol. The number of alkyl halides is 2. The Labute approximate surface area is 88.2 Å². The van der Waals surface area contributed by atoms with E-state index in [9.17, 15) is 4.79 Å². The van der Waals surface area contributed by atoms with Gasteiger partial charge in [-0.1, -0.05) is 6.92 Å². The monoisotopic (exact) mass is 224 g/mol. The molecule has 1 saturated carbocycles. The molecule has 4 atom stereocenters. The van der Waals surface area contributed by atoms with Crippen molar-refractivity contribution in [1.29, 1.82) is 0 Å². The third-order valence-corrected chi connectivity index (χ3v) is 4.56. The van der Waals surface area contributed by atoms with Crippen LogP contribution in [0, 0.1) is 11.3 Å². The third-order valence-electron chi connectivity index (χ3n) is 3.26. The van der Waals surface area contributed by atoms with Gasteiger partial charge in [-0.2, -0.15) is 0 Å². The molecule has 1 rings (SSSR count). The minimum absolute atomic E-state index is 0.0806. The van der Waals surface area contributed by atoms with Crippen molar-refractivity contribution in [1.82, 2.24) is 0 Å². The lowest BCUT2D eigenvalue weighted by Crippen LogP contribution is -2.46. The summed E-state index contributed by atoms with van der Waals surface area (Å²) in [5.74, 6) is -0.850. The number of carbonyl (C=O) groups is 1. The lowest BCUT2D eigenvalue weighted by molar-refractivity contribution is -0.152. The van der Waals surface area contributed by atoms with Crippen LogP contribution in [-0.4, -0.2) is 21.8 Å². The fourth-order valence-electron chi connectivity index (χ4n) is 1.79. The van der Waals surface area contributed by atoms with E-state index >= 15 is 0 Å². The second kappa shape index (κ2) is 3.66. The quantitative estimate of drug-likeness (QED) is 0.696. The zero-order chi connectivity index (χ0) is 10.2. The van der Waals surface area contributed by atoms with Crippen LogP contribution in [0.4, 0.5) is 0 Å². The number of halogens is 2. The lowest BCUT2D eigenvalue weighted by Gasteiger charge is -2.41.